The van der Waals surface area contributed by atoms with Crippen LogP contribution in [0.25, 0.3) is 10.9 Å². The smallest absolute Gasteiger partial charge is 0.264 e. The molecule has 1 aliphatic carbocycles. The summed E-state index contributed by atoms with van der Waals surface area (Å²) in [7, 11) is 0. The number of Topliss-reactive ketones (excluding diaryl/α,β-unsaturated/α-hetero) is 2. The van der Waals surface area contributed by atoms with Gasteiger partial charge in [-0.25, -0.2) is 4.98 Å². The number of nitrogens with zero attached hydrogens (tertiary/aromatic N) is 2. The van der Waals surface area contributed by atoms with Crippen LogP contribution in [-0.2, 0) is 9.59 Å². The number of ketones is 2. The fourth-order valence-corrected chi connectivity index (χ4v) is 2.17. The summed E-state index contributed by atoms with van der Waals surface area (Å²) in [4.78, 5) is 41.3. The highest BCUT2D eigenvalue weighted by molar-refractivity contribution is 6.03. The monoisotopic (exact) mass is 292 g/mol. The summed E-state index contributed by atoms with van der Waals surface area (Å²) < 4.78 is 55.9. The summed E-state index contributed by atoms with van der Waals surface area (Å²) in [5.74, 6) is -2.69. The molecule has 108 valence electrons. The van der Waals surface area contributed by atoms with E-state index in [0.717, 1.165) is 6.07 Å². The van der Waals surface area contributed by atoms with Gasteiger partial charge >= 0.3 is 0 Å². The maximum atomic E-state index is 13.2. The molecule has 1 aliphatic rings. The lowest BCUT2D eigenvalue weighted by Gasteiger charge is -2.24. The van der Waals surface area contributed by atoms with Gasteiger partial charge in [-0.2, -0.15) is 0 Å². The van der Waals surface area contributed by atoms with Crippen LogP contribution in [-0.4, -0.2) is 21.1 Å². The van der Waals surface area contributed by atoms with Crippen LogP contribution in [0.1, 0.15) is 40.7 Å². The zero-order valence-corrected chi connectivity index (χ0v) is 10.8. The van der Waals surface area contributed by atoms with Crippen molar-refractivity contribution >= 4 is 28.2 Å². The van der Waals surface area contributed by atoms with Crippen molar-refractivity contribution in [1.29, 1.82) is 0 Å². The van der Waals surface area contributed by atoms with Crippen molar-refractivity contribution < 1.29 is 19.2 Å². The summed E-state index contributed by atoms with van der Waals surface area (Å²) in [6.45, 7) is -2.02. The molecule has 0 bridgehead atoms. The third kappa shape index (κ3) is 2.12. The zero-order chi connectivity index (χ0) is 21.2. The van der Waals surface area contributed by atoms with Gasteiger partial charge < -0.3 is 5.73 Å². The highest BCUT2D eigenvalue weighted by Crippen LogP contribution is 2.24. The Morgan fingerprint density at radius 1 is 1.57 bits per heavy atom. The second-order valence-corrected chi connectivity index (χ2v) is 4.54. The summed E-state index contributed by atoms with van der Waals surface area (Å²) in [5.41, 5.74) is 3.94. The van der Waals surface area contributed by atoms with Gasteiger partial charge in [0, 0.05) is 17.6 Å². The van der Waals surface area contributed by atoms with Gasteiger partial charge in [-0.15, -0.1) is 0 Å². The Kier molecular flexibility index (Phi) is 1.71. The van der Waals surface area contributed by atoms with Gasteiger partial charge in [0.15, 0.2) is 5.78 Å². The molecule has 21 heavy (non-hydrogen) atoms. The average molecular weight is 292 g/mol. The van der Waals surface area contributed by atoms with E-state index >= 15 is 0 Å². The fourth-order valence-electron chi connectivity index (χ4n) is 2.17. The van der Waals surface area contributed by atoms with Crippen molar-refractivity contribution in [2.75, 3.05) is 5.73 Å². The van der Waals surface area contributed by atoms with Crippen molar-refractivity contribution in [2.45, 2.75) is 32.1 Å². The summed E-state index contributed by atoms with van der Waals surface area (Å²) in [5, 5.41) is -0.419. The van der Waals surface area contributed by atoms with Gasteiger partial charge in [0.05, 0.1) is 27.5 Å². The number of hydrogen-bond acceptors (Lipinski definition) is 5. The third-order valence-corrected chi connectivity index (χ3v) is 3.11. The minimum absolute atomic E-state index is 0.274. The molecule has 0 spiro atoms. The lowest BCUT2D eigenvalue weighted by molar-refractivity contribution is -0.132. The molecule has 1 unspecified atom stereocenters. The lowest BCUT2D eigenvalue weighted by Crippen LogP contribution is -2.36. The van der Waals surface area contributed by atoms with Crippen molar-refractivity contribution in [3.63, 3.8) is 0 Å². The van der Waals surface area contributed by atoms with Crippen LogP contribution < -0.4 is 11.3 Å². The van der Waals surface area contributed by atoms with E-state index in [1.807, 2.05) is 0 Å². The molecule has 0 aliphatic heterocycles. The van der Waals surface area contributed by atoms with Crippen LogP contribution in [0.4, 0.5) is 5.69 Å². The molecule has 2 aromatic rings. The molecule has 2 N–H and O–H groups in total. The molecule has 1 atom stereocenters. The number of fused-ring (bicyclic) bond motifs is 1. The van der Waals surface area contributed by atoms with Crippen LogP contribution in [0, 0.1) is 6.88 Å². The maximum absolute atomic E-state index is 13.2. The van der Waals surface area contributed by atoms with Crippen molar-refractivity contribution in [1.82, 2.24) is 9.55 Å². The molecular weight excluding hydrogens is 270 g/mol. The highest BCUT2D eigenvalue weighted by atomic mass is 16.2. The first-order valence-corrected chi connectivity index (χ1v) is 6.05. The average Bonchev–Trinajstić information content (AvgIpc) is 2.56. The highest BCUT2D eigenvalue weighted by Gasteiger charge is 2.30. The Balaban J connectivity index is 2.52. The van der Waals surface area contributed by atoms with E-state index in [4.69, 9.17) is 15.3 Å². The fraction of sp³-hybridized carbons (Fsp3) is 0.333. The minimum Gasteiger partial charge on any atom is -0.398 e. The van der Waals surface area contributed by atoms with Crippen molar-refractivity contribution in [2.24, 2.45) is 0 Å². The molecule has 1 fully saturated rings. The number of nitrogen functional groups attached to an aromatic ring is 1. The summed E-state index contributed by atoms with van der Waals surface area (Å²) in [6.07, 6.45) is -4.40. The number of benzene rings is 1. The first-order chi connectivity index (χ1) is 12.8. The largest absolute Gasteiger partial charge is 0.398 e. The molecule has 0 saturated heterocycles. The van der Waals surface area contributed by atoms with Crippen molar-refractivity contribution in [3.8, 4) is 0 Å². The zero-order valence-electron chi connectivity index (χ0n) is 17.8. The SMILES string of the molecule is [2H]c1cc(N)c2c(=O)n(C3([2H])C(=O)CC(=O)CC3([2H])[2H])c(C([2H])[2H])nc2c1[2H]. The number of nitrogens with two attached hydrogens (primary N) is 1. The first-order valence-electron chi connectivity index (χ1n) is 9.70. The number of carbonyl (C=O) groups is 2. The standard InChI is InChI=1S/C15H15N3O3/c1-8-17-11-4-2-3-10(16)14(11)15(21)18(8)12-6-5-9(19)7-13(12)20/h2-4,12H,5-7,16H2,1H3/i1D2,2D,4D,6D2,12D. The molecule has 0 radical (unpaired) electrons. The normalized spacial score (nSPS) is 30.0. The Hall–Kier alpha value is -2.50. The Labute approximate surface area is 130 Å². The molecule has 1 heterocycles. The van der Waals surface area contributed by atoms with Gasteiger partial charge in [-0.1, -0.05) is 6.04 Å². The van der Waals surface area contributed by atoms with Crippen LogP contribution in [0.15, 0.2) is 22.9 Å². The molecule has 6 nitrogen and oxygen atoms in total. The van der Waals surface area contributed by atoms with Gasteiger partial charge in [-0.05, 0) is 25.4 Å². The molecule has 1 aromatic carbocycles. The van der Waals surface area contributed by atoms with E-state index in [-0.39, 0.29) is 17.2 Å². The summed E-state index contributed by atoms with van der Waals surface area (Å²) in [6, 6.07) is -2.79. The predicted molar refractivity (Wildman–Crippen MR) is 78.1 cm³/mol. The molecule has 1 saturated carbocycles. The van der Waals surface area contributed by atoms with Crippen molar-refractivity contribution in [3.05, 3.63) is 34.3 Å². The second-order valence-electron chi connectivity index (χ2n) is 4.54. The molecule has 1 aromatic heterocycles. The van der Waals surface area contributed by atoms with E-state index in [2.05, 4.69) is 4.98 Å². The van der Waals surface area contributed by atoms with Gasteiger partial charge in [0.2, 0.25) is 0 Å². The quantitative estimate of drug-likeness (QED) is 0.628. The number of hydrogen-bond donors (Lipinski definition) is 1. The Bertz CT molecular complexity index is 1100. The minimum atomic E-state index is -2.94. The predicted octanol–water partition coefficient (Wildman–Crippen LogP) is 1.15. The van der Waals surface area contributed by atoms with Gasteiger partial charge in [0.25, 0.3) is 5.56 Å². The molecule has 6 heteroatoms. The van der Waals surface area contributed by atoms with E-state index in [9.17, 15) is 14.4 Å². The maximum Gasteiger partial charge on any atom is 0.264 e. The number of anilines is 1. The first kappa shape index (κ1) is 7.49. The Morgan fingerprint density at radius 2 is 2.38 bits per heavy atom. The van der Waals surface area contributed by atoms with E-state index in [1.54, 1.807) is 0 Å². The summed E-state index contributed by atoms with van der Waals surface area (Å²) >= 11 is 0. The topological polar surface area (TPSA) is 95.0 Å². The number of carbonyl (C=O) groups excluding carboxylic acids is 2. The third-order valence-electron chi connectivity index (χ3n) is 3.11. The van der Waals surface area contributed by atoms with E-state index in [1.165, 1.54) is 0 Å². The molecule has 0 amide bonds. The molecule has 3 rings (SSSR count). The number of aryl methyl sites for hydroxylation is 1. The Morgan fingerprint density at radius 3 is 3.10 bits per heavy atom. The van der Waals surface area contributed by atoms with Gasteiger partial charge in [0.1, 0.15) is 11.6 Å². The van der Waals surface area contributed by atoms with Crippen LogP contribution in [0.5, 0.6) is 0 Å². The second kappa shape index (κ2) is 4.80. The van der Waals surface area contributed by atoms with Crippen LogP contribution in [0.2, 0.25) is 0 Å². The van der Waals surface area contributed by atoms with E-state index in [0.29, 0.717) is 4.57 Å². The number of rotatable bonds is 1. The molecular formula is C15H15N3O3. The number of aromatic nitrogens is 2. The lowest BCUT2D eigenvalue weighted by atomic mass is 9.92. The van der Waals surface area contributed by atoms with Crippen LogP contribution in [0.3, 0.4) is 0 Å². The van der Waals surface area contributed by atoms with Gasteiger partial charge in [-0.3, -0.25) is 19.0 Å². The van der Waals surface area contributed by atoms with Crippen LogP contribution >= 0.6 is 0 Å². The van der Waals surface area contributed by atoms with E-state index < -0.39 is 66.5 Å².